The summed E-state index contributed by atoms with van der Waals surface area (Å²) in [5.41, 5.74) is 1.40. The van der Waals surface area contributed by atoms with Crippen LogP contribution in [0, 0.1) is 11.2 Å². The van der Waals surface area contributed by atoms with Crippen LogP contribution in [-0.2, 0) is 26.9 Å². The van der Waals surface area contributed by atoms with Gasteiger partial charge in [0.2, 0.25) is 0 Å². The molecule has 0 saturated heterocycles. The first-order chi connectivity index (χ1) is 13.8. The van der Waals surface area contributed by atoms with E-state index in [0.717, 1.165) is 25.9 Å². The molecule has 2 atom stereocenters. The minimum absolute atomic E-state index is 0. The molecule has 1 aromatic rings. The molecule has 1 spiro atoms. The number of aliphatic imine (C=N–C) groups is 1. The third kappa shape index (κ3) is 5.85. The zero-order chi connectivity index (χ0) is 21.1. The number of guanidine groups is 1. The lowest BCUT2D eigenvalue weighted by Crippen LogP contribution is -2.65. The van der Waals surface area contributed by atoms with Gasteiger partial charge in [-0.1, -0.05) is 18.9 Å². The largest absolute Gasteiger partial charge is 0.378 e. The fourth-order valence-corrected chi connectivity index (χ4v) is 5.66. The molecule has 2 unspecified atom stereocenters. The topological polar surface area (TPSA) is 79.8 Å². The van der Waals surface area contributed by atoms with Gasteiger partial charge in [-0.05, 0) is 49.4 Å². The monoisotopic (exact) mass is 553 g/mol. The van der Waals surface area contributed by atoms with Gasteiger partial charge in [0.05, 0.1) is 11.9 Å². The van der Waals surface area contributed by atoms with Crippen molar-refractivity contribution in [2.45, 2.75) is 63.5 Å². The van der Waals surface area contributed by atoms with Crippen LogP contribution in [0.25, 0.3) is 0 Å². The molecular weight excluding hydrogens is 520 g/mol. The SMILES string of the molecule is CCOC1CC(NC(=NC)NCc2cc(F)ccc2CS(C)(=O)=O)C12CCCC2.I. The maximum atomic E-state index is 13.7. The molecule has 6 nitrogen and oxygen atoms in total. The summed E-state index contributed by atoms with van der Waals surface area (Å²) in [5, 5.41) is 6.75. The fraction of sp³-hybridized carbons (Fsp3) is 0.667. The van der Waals surface area contributed by atoms with Crippen molar-refractivity contribution < 1.29 is 17.5 Å². The van der Waals surface area contributed by atoms with Crippen molar-refractivity contribution in [3.8, 4) is 0 Å². The average Bonchev–Trinajstić information content (AvgIpc) is 3.17. The molecule has 3 rings (SSSR count). The van der Waals surface area contributed by atoms with E-state index >= 15 is 0 Å². The number of sulfone groups is 1. The lowest BCUT2D eigenvalue weighted by Gasteiger charge is -2.54. The highest BCUT2D eigenvalue weighted by Crippen LogP contribution is 2.54. The van der Waals surface area contributed by atoms with Gasteiger partial charge in [0.15, 0.2) is 15.8 Å². The standard InChI is InChI=1S/C21H32FN3O3S.HI/c1-4-28-19-12-18(21(19)9-5-6-10-21)25-20(23-2)24-13-16-11-17(22)8-7-15(16)14-29(3,26)27;/h7-8,11,18-19H,4-6,9-10,12-14H2,1-3H3,(H2,23,24,25);1H. The number of nitrogens with zero attached hydrogens (tertiary/aromatic N) is 1. The normalized spacial score (nSPS) is 23.0. The first kappa shape index (κ1) is 25.3. The first-order valence-corrected chi connectivity index (χ1v) is 12.4. The van der Waals surface area contributed by atoms with Crippen LogP contribution >= 0.6 is 24.0 Å². The van der Waals surface area contributed by atoms with Crippen LogP contribution in [0.3, 0.4) is 0 Å². The van der Waals surface area contributed by atoms with Crippen LogP contribution in [0.2, 0.25) is 0 Å². The van der Waals surface area contributed by atoms with E-state index in [1.807, 2.05) is 6.92 Å². The molecule has 0 bridgehead atoms. The number of hydrogen-bond acceptors (Lipinski definition) is 4. The Hall–Kier alpha value is -0.940. The molecule has 0 amide bonds. The van der Waals surface area contributed by atoms with E-state index < -0.39 is 9.84 Å². The molecule has 2 aliphatic rings. The first-order valence-electron chi connectivity index (χ1n) is 10.3. The smallest absolute Gasteiger partial charge is 0.191 e. The summed E-state index contributed by atoms with van der Waals surface area (Å²) >= 11 is 0. The molecule has 2 N–H and O–H groups in total. The molecule has 2 fully saturated rings. The lowest BCUT2D eigenvalue weighted by molar-refractivity contribution is -0.125. The Labute approximate surface area is 196 Å². The number of ether oxygens (including phenoxy) is 1. The molecule has 9 heteroatoms. The Balaban J connectivity index is 0.00000320. The number of nitrogens with one attached hydrogen (secondary N) is 2. The second-order valence-electron chi connectivity index (χ2n) is 8.23. The van der Waals surface area contributed by atoms with Gasteiger partial charge >= 0.3 is 0 Å². The molecule has 0 radical (unpaired) electrons. The zero-order valence-corrected chi connectivity index (χ0v) is 21.1. The third-order valence-electron chi connectivity index (χ3n) is 6.25. The molecule has 30 heavy (non-hydrogen) atoms. The quantitative estimate of drug-likeness (QED) is 0.308. The molecule has 0 aromatic heterocycles. The van der Waals surface area contributed by atoms with Crippen LogP contribution in [0.4, 0.5) is 4.39 Å². The van der Waals surface area contributed by atoms with Crippen LogP contribution < -0.4 is 10.6 Å². The van der Waals surface area contributed by atoms with Crippen molar-refractivity contribution in [3.63, 3.8) is 0 Å². The Morgan fingerprint density at radius 3 is 2.60 bits per heavy atom. The lowest BCUT2D eigenvalue weighted by atomic mass is 9.60. The predicted octanol–water partition coefficient (Wildman–Crippen LogP) is 3.39. The highest BCUT2D eigenvalue weighted by atomic mass is 127. The van der Waals surface area contributed by atoms with Crippen LogP contribution in [0.1, 0.15) is 50.2 Å². The molecule has 2 saturated carbocycles. The van der Waals surface area contributed by atoms with Crippen LogP contribution in [0.5, 0.6) is 0 Å². The maximum absolute atomic E-state index is 13.7. The van der Waals surface area contributed by atoms with E-state index in [9.17, 15) is 12.8 Å². The second kappa shape index (κ2) is 10.6. The molecule has 2 aliphatic carbocycles. The van der Waals surface area contributed by atoms with E-state index in [-0.39, 0.29) is 41.0 Å². The summed E-state index contributed by atoms with van der Waals surface area (Å²) in [6.07, 6.45) is 7.21. The summed E-state index contributed by atoms with van der Waals surface area (Å²) in [5.74, 6) is 0.147. The van der Waals surface area contributed by atoms with Crippen molar-refractivity contribution in [2.75, 3.05) is 19.9 Å². The van der Waals surface area contributed by atoms with Gasteiger partial charge < -0.3 is 15.4 Å². The van der Waals surface area contributed by atoms with Crippen molar-refractivity contribution in [1.82, 2.24) is 10.6 Å². The molecule has 0 aliphatic heterocycles. The average molecular weight is 553 g/mol. The molecule has 1 aromatic carbocycles. The van der Waals surface area contributed by atoms with E-state index in [4.69, 9.17) is 4.74 Å². The van der Waals surface area contributed by atoms with Gasteiger partial charge in [-0.2, -0.15) is 0 Å². The Kier molecular flexibility index (Phi) is 8.93. The summed E-state index contributed by atoms with van der Waals surface area (Å²) < 4.78 is 43.1. The molecule has 170 valence electrons. The summed E-state index contributed by atoms with van der Waals surface area (Å²) in [6, 6.07) is 4.52. The fourth-order valence-electron chi connectivity index (χ4n) is 4.81. The van der Waals surface area contributed by atoms with Crippen molar-refractivity contribution in [1.29, 1.82) is 0 Å². The number of rotatable bonds is 7. The predicted molar refractivity (Wildman–Crippen MR) is 128 cm³/mol. The summed E-state index contributed by atoms with van der Waals surface area (Å²) in [4.78, 5) is 4.32. The number of hydrogen-bond donors (Lipinski definition) is 2. The minimum atomic E-state index is -3.21. The van der Waals surface area contributed by atoms with Crippen molar-refractivity contribution in [2.24, 2.45) is 10.4 Å². The molecule has 0 heterocycles. The third-order valence-corrected chi connectivity index (χ3v) is 7.09. The van der Waals surface area contributed by atoms with E-state index in [0.29, 0.717) is 35.8 Å². The van der Waals surface area contributed by atoms with Gasteiger partial charge in [0.25, 0.3) is 0 Å². The van der Waals surface area contributed by atoms with Crippen molar-refractivity contribution >= 4 is 39.8 Å². The Morgan fingerprint density at radius 2 is 2.00 bits per heavy atom. The Bertz CT molecular complexity index is 857. The maximum Gasteiger partial charge on any atom is 0.191 e. The van der Waals surface area contributed by atoms with Gasteiger partial charge in [-0.25, -0.2) is 12.8 Å². The van der Waals surface area contributed by atoms with Gasteiger partial charge in [0.1, 0.15) is 5.82 Å². The Morgan fingerprint density at radius 1 is 1.30 bits per heavy atom. The minimum Gasteiger partial charge on any atom is -0.378 e. The second-order valence-corrected chi connectivity index (χ2v) is 10.4. The van der Waals surface area contributed by atoms with Crippen LogP contribution in [0.15, 0.2) is 23.2 Å². The zero-order valence-electron chi connectivity index (χ0n) is 17.9. The number of benzene rings is 1. The summed E-state index contributed by atoms with van der Waals surface area (Å²) in [7, 11) is -1.50. The number of halogens is 2. The van der Waals surface area contributed by atoms with E-state index in [2.05, 4.69) is 15.6 Å². The van der Waals surface area contributed by atoms with Crippen LogP contribution in [-0.4, -0.2) is 46.4 Å². The van der Waals surface area contributed by atoms with Gasteiger partial charge in [0, 0.05) is 37.9 Å². The van der Waals surface area contributed by atoms with E-state index in [1.54, 1.807) is 7.05 Å². The van der Waals surface area contributed by atoms with E-state index in [1.165, 1.54) is 37.3 Å². The van der Waals surface area contributed by atoms with Gasteiger partial charge in [-0.3, -0.25) is 4.99 Å². The summed E-state index contributed by atoms with van der Waals surface area (Å²) in [6.45, 7) is 3.07. The highest BCUT2D eigenvalue weighted by molar-refractivity contribution is 14.0. The van der Waals surface area contributed by atoms with Crippen molar-refractivity contribution in [3.05, 3.63) is 35.1 Å². The highest BCUT2D eigenvalue weighted by Gasteiger charge is 2.56. The van der Waals surface area contributed by atoms with Gasteiger partial charge in [-0.15, -0.1) is 24.0 Å². The molecular formula is C21H33FIN3O3S.